The molecule has 4 aromatic rings. The van der Waals surface area contributed by atoms with E-state index in [1.54, 1.807) is 15.8 Å². The minimum absolute atomic E-state index is 0.000809. The van der Waals surface area contributed by atoms with Crippen molar-refractivity contribution in [2.24, 2.45) is 7.05 Å². The number of fused-ring (bicyclic) bond motifs is 3. The lowest BCUT2D eigenvalue weighted by Gasteiger charge is -2.15. The lowest BCUT2D eigenvalue weighted by atomic mass is 10.2. The van der Waals surface area contributed by atoms with Gasteiger partial charge in [-0.3, -0.25) is 9.48 Å². The summed E-state index contributed by atoms with van der Waals surface area (Å²) >= 11 is 0. The maximum atomic E-state index is 12.8. The van der Waals surface area contributed by atoms with E-state index in [4.69, 9.17) is 4.42 Å². The van der Waals surface area contributed by atoms with Crippen LogP contribution in [0.3, 0.4) is 0 Å². The van der Waals surface area contributed by atoms with Crippen molar-refractivity contribution < 1.29 is 9.21 Å². The van der Waals surface area contributed by atoms with Gasteiger partial charge >= 0.3 is 0 Å². The van der Waals surface area contributed by atoms with Gasteiger partial charge in [0.1, 0.15) is 23.5 Å². The second-order valence-electron chi connectivity index (χ2n) is 6.35. The van der Waals surface area contributed by atoms with Crippen LogP contribution in [0.5, 0.6) is 0 Å². The van der Waals surface area contributed by atoms with Gasteiger partial charge in [-0.1, -0.05) is 12.1 Å². The summed E-state index contributed by atoms with van der Waals surface area (Å²) in [4.78, 5) is 23.2. The Morgan fingerprint density at radius 3 is 3.00 bits per heavy atom. The van der Waals surface area contributed by atoms with Gasteiger partial charge in [-0.05, 0) is 18.6 Å². The molecule has 1 N–H and O–H groups in total. The second-order valence-corrected chi connectivity index (χ2v) is 6.35. The quantitative estimate of drug-likeness (QED) is 0.611. The maximum Gasteiger partial charge on any atom is 0.249 e. The molecule has 130 valence electrons. The highest BCUT2D eigenvalue weighted by Crippen LogP contribution is 2.31. The Balaban J connectivity index is 1.47. The van der Waals surface area contributed by atoms with Crippen LogP contribution in [0.25, 0.3) is 22.1 Å². The van der Waals surface area contributed by atoms with Crippen molar-refractivity contribution in [3.63, 3.8) is 0 Å². The number of rotatable bonds is 3. The molecule has 1 aliphatic heterocycles. The van der Waals surface area contributed by atoms with Gasteiger partial charge < -0.3 is 14.6 Å². The lowest BCUT2D eigenvalue weighted by molar-refractivity contribution is -0.117. The SMILES string of the molecule is Cn1cc(N2CCC(Nc3ncnc4c3oc3ccccc34)C2=O)cn1. The Morgan fingerprint density at radius 1 is 1.27 bits per heavy atom. The fourth-order valence-electron chi connectivity index (χ4n) is 3.41. The fourth-order valence-corrected chi connectivity index (χ4v) is 3.41. The molecule has 5 rings (SSSR count). The zero-order chi connectivity index (χ0) is 17.7. The Morgan fingerprint density at radius 2 is 2.15 bits per heavy atom. The molecule has 3 aromatic heterocycles. The van der Waals surface area contributed by atoms with Gasteiger partial charge in [0, 0.05) is 25.2 Å². The molecule has 1 atom stereocenters. The first-order chi connectivity index (χ1) is 12.7. The van der Waals surface area contributed by atoms with Crippen molar-refractivity contribution >= 4 is 39.5 Å². The second kappa shape index (κ2) is 5.55. The van der Waals surface area contributed by atoms with E-state index in [0.29, 0.717) is 24.4 Å². The Labute approximate surface area is 148 Å². The average molecular weight is 348 g/mol. The van der Waals surface area contributed by atoms with Crippen molar-refractivity contribution in [2.75, 3.05) is 16.8 Å². The van der Waals surface area contributed by atoms with Gasteiger partial charge in [-0.2, -0.15) is 5.10 Å². The van der Waals surface area contributed by atoms with Gasteiger partial charge in [0.15, 0.2) is 11.4 Å². The molecule has 0 bridgehead atoms. The normalized spacial score (nSPS) is 17.5. The fraction of sp³-hybridized carbons (Fsp3) is 0.222. The summed E-state index contributed by atoms with van der Waals surface area (Å²) in [7, 11) is 1.83. The Hall–Kier alpha value is -3.42. The summed E-state index contributed by atoms with van der Waals surface area (Å²) < 4.78 is 7.60. The van der Waals surface area contributed by atoms with Crippen LogP contribution in [0.15, 0.2) is 47.4 Å². The van der Waals surface area contributed by atoms with Crippen molar-refractivity contribution in [3.8, 4) is 0 Å². The molecule has 0 saturated carbocycles. The number of carbonyl (C=O) groups is 1. The first kappa shape index (κ1) is 14.9. The van der Waals surface area contributed by atoms with Gasteiger partial charge in [0.05, 0.1) is 11.9 Å². The van der Waals surface area contributed by atoms with Crippen molar-refractivity contribution in [1.82, 2.24) is 19.7 Å². The van der Waals surface area contributed by atoms with E-state index in [1.807, 2.05) is 37.5 Å². The summed E-state index contributed by atoms with van der Waals surface area (Å²) in [5.74, 6) is 0.540. The van der Waals surface area contributed by atoms with Crippen LogP contribution in [-0.4, -0.2) is 38.2 Å². The van der Waals surface area contributed by atoms with Gasteiger partial charge in [-0.15, -0.1) is 0 Å². The summed E-state index contributed by atoms with van der Waals surface area (Å²) in [5, 5.41) is 8.31. The number of para-hydroxylation sites is 1. The number of hydrogen-bond donors (Lipinski definition) is 1. The summed E-state index contributed by atoms with van der Waals surface area (Å²) in [6.45, 7) is 0.635. The number of hydrogen-bond acceptors (Lipinski definition) is 6. The van der Waals surface area contributed by atoms with Crippen LogP contribution in [0.4, 0.5) is 11.5 Å². The van der Waals surface area contributed by atoms with E-state index in [0.717, 1.165) is 22.2 Å². The standard InChI is InChI=1S/C18H16N6O2/c1-23-9-11(8-21-23)24-7-6-13(18(24)25)22-17-16-15(19-10-20-17)12-4-2-3-5-14(12)26-16/h2-5,8-10,13H,6-7H2,1H3,(H,19,20,22). The molecular weight excluding hydrogens is 332 g/mol. The monoisotopic (exact) mass is 348 g/mol. The number of anilines is 2. The third kappa shape index (κ3) is 2.22. The van der Waals surface area contributed by atoms with Gasteiger partial charge in [0.2, 0.25) is 5.91 Å². The smallest absolute Gasteiger partial charge is 0.249 e. The van der Waals surface area contributed by atoms with Crippen LogP contribution < -0.4 is 10.2 Å². The largest absolute Gasteiger partial charge is 0.450 e. The number of furan rings is 1. The Kier molecular flexibility index (Phi) is 3.18. The molecule has 1 amide bonds. The summed E-state index contributed by atoms with van der Waals surface area (Å²) in [5.41, 5.74) is 2.87. The number of aryl methyl sites for hydroxylation is 1. The molecule has 1 unspecified atom stereocenters. The molecule has 0 aliphatic carbocycles. The van der Waals surface area contributed by atoms with E-state index < -0.39 is 0 Å². The van der Waals surface area contributed by atoms with Crippen LogP contribution in [0.1, 0.15) is 6.42 Å². The number of carbonyl (C=O) groups excluding carboxylic acids is 1. The summed E-state index contributed by atoms with van der Waals surface area (Å²) in [6.07, 6.45) is 5.70. The minimum Gasteiger partial charge on any atom is -0.450 e. The molecule has 0 radical (unpaired) electrons. The van der Waals surface area contributed by atoms with E-state index in [9.17, 15) is 4.79 Å². The number of nitrogens with one attached hydrogen (secondary N) is 1. The highest BCUT2D eigenvalue weighted by molar-refractivity contribution is 6.06. The highest BCUT2D eigenvalue weighted by atomic mass is 16.3. The molecule has 8 heteroatoms. The number of amides is 1. The van der Waals surface area contributed by atoms with Gasteiger partial charge in [-0.25, -0.2) is 9.97 Å². The van der Waals surface area contributed by atoms with Crippen molar-refractivity contribution in [1.29, 1.82) is 0 Å². The predicted molar refractivity (Wildman–Crippen MR) is 96.9 cm³/mol. The molecule has 8 nitrogen and oxygen atoms in total. The van der Waals surface area contributed by atoms with E-state index in [-0.39, 0.29) is 11.9 Å². The van der Waals surface area contributed by atoms with Crippen molar-refractivity contribution in [3.05, 3.63) is 43.0 Å². The molecule has 1 fully saturated rings. The summed E-state index contributed by atoms with van der Waals surface area (Å²) in [6, 6.07) is 7.35. The van der Waals surface area contributed by atoms with Crippen LogP contribution in [-0.2, 0) is 11.8 Å². The van der Waals surface area contributed by atoms with E-state index in [2.05, 4.69) is 20.4 Å². The van der Waals surface area contributed by atoms with Crippen LogP contribution >= 0.6 is 0 Å². The van der Waals surface area contributed by atoms with Gasteiger partial charge in [0.25, 0.3) is 0 Å². The molecule has 0 spiro atoms. The molecule has 1 saturated heterocycles. The first-order valence-electron chi connectivity index (χ1n) is 8.39. The lowest BCUT2D eigenvalue weighted by Crippen LogP contribution is -2.33. The van der Waals surface area contributed by atoms with Crippen molar-refractivity contribution in [2.45, 2.75) is 12.5 Å². The predicted octanol–water partition coefficient (Wildman–Crippen LogP) is 2.33. The Bertz CT molecular complexity index is 1130. The minimum atomic E-state index is -0.360. The van der Waals surface area contributed by atoms with E-state index in [1.165, 1.54) is 6.33 Å². The third-order valence-electron chi connectivity index (χ3n) is 4.68. The number of benzene rings is 1. The number of aromatic nitrogens is 4. The number of nitrogens with zero attached hydrogens (tertiary/aromatic N) is 5. The molecular formula is C18H16N6O2. The van der Waals surface area contributed by atoms with Crippen LogP contribution in [0, 0.1) is 0 Å². The zero-order valence-corrected chi connectivity index (χ0v) is 14.1. The molecule has 4 heterocycles. The van der Waals surface area contributed by atoms with Crippen LogP contribution in [0.2, 0.25) is 0 Å². The molecule has 1 aromatic carbocycles. The molecule has 1 aliphatic rings. The molecule has 26 heavy (non-hydrogen) atoms. The third-order valence-corrected chi connectivity index (χ3v) is 4.68. The zero-order valence-electron chi connectivity index (χ0n) is 14.1. The maximum absolute atomic E-state index is 12.8. The van der Waals surface area contributed by atoms with E-state index >= 15 is 0 Å². The topological polar surface area (TPSA) is 89.1 Å². The highest BCUT2D eigenvalue weighted by Gasteiger charge is 2.34. The average Bonchev–Trinajstić information content (AvgIpc) is 3.33. The first-order valence-corrected chi connectivity index (χ1v) is 8.39.